The minimum Gasteiger partial charge on any atom is -0.492 e. The lowest BCUT2D eigenvalue weighted by Gasteiger charge is -2.12. The van der Waals surface area contributed by atoms with Gasteiger partial charge in [-0.3, -0.25) is 0 Å². The van der Waals surface area contributed by atoms with Crippen molar-refractivity contribution < 1.29 is 17.9 Å². The minimum absolute atomic E-state index is 0.0149. The van der Waals surface area contributed by atoms with Crippen LogP contribution in [-0.2, 0) is 9.84 Å². The summed E-state index contributed by atoms with van der Waals surface area (Å²) in [6, 6.07) is 4.67. The Morgan fingerprint density at radius 2 is 2.23 bits per heavy atom. The summed E-state index contributed by atoms with van der Waals surface area (Å²) in [6.45, 7) is 2.53. The maximum Gasteiger partial charge on any atom is 0.315 e. The number of ether oxygens (including phenoxy) is 1. The van der Waals surface area contributed by atoms with Crippen LogP contribution in [0.5, 0.6) is 5.75 Å². The van der Waals surface area contributed by atoms with Gasteiger partial charge >= 0.3 is 6.03 Å². The van der Waals surface area contributed by atoms with Crippen molar-refractivity contribution in [3.8, 4) is 5.75 Å². The quantitative estimate of drug-likeness (QED) is 0.791. The van der Waals surface area contributed by atoms with Crippen LogP contribution >= 0.6 is 11.6 Å². The van der Waals surface area contributed by atoms with E-state index in [1.165, 1.54) is 0 Å². The van der Waals surface area contributed by atoms with Gasteiger partial charge in [0, 0.05) is 11.1 Å². The molecular weight excluding hydrogens is 328 g/mol. The fourth-order valence-electron chi connectivity index (χ4n) is 2.19. The number of carbonyl (C=O) groups excluding carboxylic acids is 1. The highest BCUT2D eigenvalue weighted by atomic mass is 35.5. The Bertz CT molecular complexity index is 648. The molecule has 1 atom stereocenters. The lowest BCUT2D eigenvalue weighted by Crippen LogP contribution is -2.43. The Kier molecular flexibility index (Phi) is 5.52. The van der Waals surface area contributed by atoms with E-state index in [9.17, 15) is 13.2 Å². The van der Waals surface area contributed by atoms with Gasteiger partial charge in [-0.25, -0.2) is 13.2 Å². The van der Waals surface area contributed by atoms with Crippen LogP contribution in [0.2, 0.25) is 5.02 Å². The third-order valence-electron chi connectivity index (χ3n) is 3.35. The SMILES string of the molecule is Cc1cc(OCCNC(=O)NC2CCS(=O)(=O)C2)ccc1Cl. The van der Waals surface area contributed by atoms with Crippen LogP contribution in [0, 0.1) is 6.92 Å². The van der Waals surface area contributed by atoms with Gasteiger partial charge in [0.05, 0.1) is 18.1 Å². The third kappa shape index (κ3) is 5.06. The van der Waals surface area contributed by atoms with E-state index in [4.69, 9.17) is 16.3 Å². The molecule has 8 heteroatoms. The summed E-state index contributed by atoms with van der Waals surface area (Å²) in [5.41, 5.74) is 0.923. The monoisotopic (exact) mass is 346 g/mol. The van der Waals surface area contributed by atoms with Crippen LogP contribution in [0.3, 0.4) is 0 Å². The number of hydrogen-bond donors (Lipinski definition) is 2. The highest BCUT2D eigenvalue weighted by Crippen LogP contribution is 2.20. The second-order valence-electron chi connectivity index (χ2n) is 5.26. The molecule has 22 heavy (non-hydrogen) atoms. The standard InChI is InChI=1S/C14H19ClN2O4S/c1-10-8-12(2-3-13(10)15)21-6-5-16-14(18)17-11-4-7-22(19,20)9-11/h2-3,8,11H,4-7,9H2,1H3,(H2,16,17,18). The number of carbonyl (C=O) groups is 1. The van der Waals surface area contributed by atoms with Gasteiger partial charge in [-0.05, 0) is 37.1 Å². The van der Waals surface area contributed by atoms with E-state index in [2.05, 4.69) is 10.6 Å². The normalized spacial score (nSPS) is 19.6. The molecule has 1 saturated heterocycles. The number of hydrogen-bond acceptors (Lipinski definition) is 4. The molecule has 1 aliphatic rings. The first-order valence-corrected chi connectivity index (χ1v) is 9.19. The number of halogens is 1. The van der Waals surface area contributed by atoms with Gasteiger partial charge in [-0.15, -0.1) is 0 Å². The minimum atomic E-state index is -2.99. The number of aryl methyl sites for hydroxylation is 1. The largest absolute Gasteiger partial charge is 0.492 e. The summed E-state index contributed by atoms with van der Waals surface area (Å²) in [5, 5.41) is 5.96. The molecule has 0 aromatic heterocycles. The van der Waals surface area contributed by atoms with Crippen molar-refractivity contribution >= 4 is 27.5 Å². The first kappa shape index (κ1) is 16.9. The Hall–Kier alpha value is -1.47. The molecule has 6 nitrogen and oxygen atoms in total. The number of nitrogens with one attached hydrogen (secondary N) is 2. The molecule has 1 heterocycles. The third-order valence-corrected chi connectivity index (χ3v) is 5.55. The van der Waals surface area contributed by atoms with E-state index >= 15 is 0 Å². The summed E-state index contributed by atoms with van der Waals surface area (Å²) in [4.78, 5) is 11.6. The number of rotatable bonds is 5. The fraction of sp³-hybridized carbons (Fsp3) is 0.500. The number of amides is 2. The van der Waals surface area contributed by atoms with Crippen molar-refractivity contribution in [2.75, 3.05) is 24.7 Å². The van der Waals surface area contributed by atoms with Crippen molar-refractivity contribution in [1.82, 2.24) is 10.6 Å². The van der Waals surface area contributed by atoms with E-state index in [1.807, 2.05) is 13.0 Å². The molecule has 0 radical (unpaired) electrons. The smallest absolute Gasteiger partial charge is 0.315 e. The average Bonchev–Trinajstić information content (AvgIpc) is 2.78. The molecule has 0 aliphatic carbocycles. The second-order valence-corrected chi connectivity index (χ2v) is 7.90. The summed E-state index contributed by atoms with van der Waals surface area (Å²) in [7, 11) is -2.99. The van der Waals surface area contributed by atoms with Crippen molar-refractivity contribution in [3.63, 3.8) is 0 Å². The van der Waals surface area contributed by atoms with E-state index in [-0.39, 0.29) is 23.6 Å². The highest BCUT2D eigenvalue weighted by molar-refractivity contribution is 7.91. The summed E-state index contributed by atoms with van der Waals surface area (Å²) >= 11 is 5.92. The molecule has 2 N–H and O–H groups in total. The van der Waals surface area contributed by atoms with Crippen molar-refractivity contribution in [1.29, 1.82) is 0 Å². The molecular formula is C14H19ClN2O4S. The molecule has 1 unspecified atom stereocenters. The zero-order valence-electron chi connectivity index (χ0n) is 12.3. The topological polar surface area (TPSA) is 84.5 Å². The van der Waals surface area contributed by atoms with E-state index in [1.54, 1.807) is 12.1 Å². The number of urea groups is 1. The maximum atomic E-state index is 11.6. The van der Waals surface area contributed by atoms with Gasteiger partial charge < -0.3 is 15.4 Å². The Labute approximate surface area is 135 Å². The van der Waals surface area contributed by atoms with Crippen molar-refractivity contribution in [2.24, 2.45) is 0 Å². The van der Waals surface area contributed by atoms with Gasteiger partial charge in [0.25, 0.3) is 0 Å². The fourth-order valence-corrected chi connectivity index (χ4v) is 3.98. The molecule has 0 saturated carbocycles. The summed E-state index contributed by atoms with van der Waals surface area (Å²) < 4.78 is 28.1. The van der Waals surface area contributed by atoms with Crippen LogP contribution in [-0.4, -0.2) is 45.1 Å². The van der Waals surface area contributed by atoms with Crippen LogP contribution < -0.4 is 15.4 Å². The molecule has 1 aromatic carbocycles. The second kappa shape index (κ2) is 7.19. The Balaban J connectivity index is 1.66. The molecule has 2 rings (SSSR count). The van der Waals surface area contributed by atoms with Crippen molar-refractivity contribution in [3.05, 3.63) is 28.8 Å². The predicted molar refractivity (Wildman–Crippen MR) is 85.3 cm³/mol. The van der Waals surface area contributed by atoms with Gasteiger partial charge in [-0.1, -0.05) is 11.6 Å². The van der Waals surface area contributed by atoms with E-state index < -0.39 is 9.84 Å². The first-order chi connectivity index (χ1) is 10.4. The lowest BCUT2D eigenvalue weighted by molar-refractivity contribution is 0.233. The van der Waals surface area contributed by atoms with Crippen LogP contribution in [0.1, 0.15) is 12.0 Å². The zero-order chi connectivity index (χ0) is 16.2. The number of benzene rings is 1. The van der Waals surface area contributed by atoms with Gasteiger partial charge in [0.1, 0.15) is 12.4 Å². The highest BCUT2D eigenvalue weighted by Gasteiger charge is 2.28. The van der Waals surface area contributed by atoms with Gasteiger partial charge in [-0.2, -0.15) is 0 Å². The molecule has 1 aliphatic heterocycles. The van der Waals surface area contributed by atoms with E-state index in [0.717, 1.165) is 5.56 Å². The zero-order valence-corrected chi connectivity index (χ0v) is 13.8. The Morgan fingerprint density at radius 3 is 2.86 bits per heavy atom. The molecule has 1 fully saturated rings. The maximum absolute atomic E-state index is 11.6. The molecule has 1 aromatic rings. The van der Waals surface area contributed by atoms with E-state index in [0.29, 0.717) is 30.3 Å². The first-order valence-electron chi connectivity index (χ1n) is 6.99. The van der Waals surface area contributed by atoms with Gasteiger partial charge in [0.2, 0.25) is 0 Å². The number of sulfone groups is 1. The van der Waals surface area contributed by atoms with Crippen LogP contribution in [0.25, 0.3) is 0 Å². The lowest BCUT2D eigenvalue weighted by atomic mass is 10.2. The Morgan fingerprint density at radius 1 is 1.45 bits per heavy atom. The summed E-state index contributed by atoms with van der Waals surface area (Å²) in [5.74, 6) is 0.837. The predicted octanol–water partition coefficient (Wildman–Crippen LogP) is 1.51. The molecule has 122 valence electrons. The van der Waals surface area contributed by atoms with Crippen molar-refractivity contribution in [2.45, 2.75) is 19.4 Å². The molecule has 2 amide bonds. The van der Waals surface area contributed by atoms with Crippen LogP contribution in [0.15, 0.2) is 18.2 Å². The average molecular weight is 347 g/mol. The van der Waals surface area contributed by atoms with Crippen LogP contribution in [0.4, 0.5) is 4.79 Å². The molecule has 0 bridgehead atoms. The van der Waals surface area contributed by atoms with Gasteiger partial charge in [0.15, 0.2) is 9.84 Å². The molecule has 0 spiro atoms. The summed E-state index contributed by atoms with van der Waals surface area (Å²) in [6.07, 6.45) is 0.469.